The van der Waals surface area contributed by atoms with E-state index in [0.717, 1.165) is 22.6 Å². The van der Waals surface area contributed by atoms with E-state index in [1.165, 1.54) is 0 Å². The Morgan fingerprint density at radius 2 is 2.00 bits per heavy atom. The van der Waals surface area contributed by atoms with E-state index in [2.05, 4.69) is 11.4 Å². The van der Waals surface area contributed by atoms with Crippen molar-refractivity contribution in [3.8, 4) is 6.07 Å². The highest BCUT2D eigenvalue weighted by Gasteiger charge is 2.00. The number of aryl methyl sites for hydroxylation is 1. The monoisotopic (exact) mass is 223 g/mol. The molecule has 3 nitrogen and oxygen atoms in total. The molecule has 0 radical (unpaired) electrons. The number of benzene rings is 2. The molecular formula is C14H13N3. The Morgan fingerprint density at radius 1 is 1.18 bits per heavy atom. The van der Waals surface area contributed by atoms with Gasteiger partial charge < -0.3 is 11.1 Å². The molecule has 0 aliphatic rings. The van der Waals surface area contributed by atoms with Gasteiger partial charge in [-0.05, 0) is 48.9 Å². The number of anilines is 3. The predicted octanol–water partition coefficient (Wildman–Crippen LogP) is 3.19. The van der Waals surface area contributed by atoms with Crippen molar-refractivity contribution in [1.29, 1.82) is 5.26 Å². The molecule has 3 N–H and O–H groups in total. The van der Waals surface area contributed by atoms with Crippen molar-refractivity contribution in [3.05, 3.63) is 53.6 Å². The zero-order chi connectivity index (χ0) is 12.3. The smallest absolute Gasteiger partial charge is 0.0991 e. The summed E-state index contributed by atoms with van der Waals surface area (Å²) in [5, 5.41) is 12.1. The fourth-order valence-electron chi connectivity index (χ4n) is 1.65. The van der Waals surface area contributed by atoms with Crippen LogP contribution < -0.4 is 11.1 Å². The van der Waals surface area contributed by atoms with Gasteiger partial charge >= 0.3 is 0 Å². The lowest BCUT2D eigenvalue weighted by molar-refractivity contribution is 1.40. The Morgan fingerprint density at radius 3 is 2.65 bits per heavy atom. The van der Waals surface area contributed by atoms with Crippen LogP contribution in [0.3, 0.4) is 0 Å². The summed E-state index contributed by atoms with van der Waals surface area (Å²) >= 11 is 0. The number of rotatable bonds is 2. The maximum absolute atomic E-state index is 8.79. The highest BCUT2D eigenvalue weighted by Crippen LogP contribution is 2.22. The van der Waals surface area contributed by atoms with Crippen molar-refractivity contribution in [2.75, 3.05) is 11.1 Å². The lowest BCUT2D eigenvalue weighted by Crippen LogP contribution is -1.94. The minimum Gasteiger partial charge on any atom is -0.399 e. The summed E-state index contributed by atoms with van der Waals surface area (Å²) in [5.74, 6) is 0. The van der Waals surface area contributed by atoms with Gasteiger partial charge in [-0.25, -0.2) is 0 Å². The van der Waals surface area contributed by atoms with Gasteiger partial charge in [-0.2, -0.15) is 5.26 Å². The Labute approximate surface area is 101 Å². The van der Waals surface area contributed by atoms with Crippen molar-refractivity contribution in [2.45, 2.75) is 6.92 Å². The van der Waals surface area contributed by atoms with Gasteiger partial charge in [0, 0.05) is 17.1 Å². The number of nitrogen functional groups attached to an aromatic ring is 1. The lowest BCUT2D eigenvalue weighted by Gasteiger charge is -2.10. The summed E-state index contributed by atoms with van der Waals surface area (Å²) in [6.45, 7) is 1.97. The van der Waals surface area contributed by atoms with Gasteiger partial charge in [-0.15, -0.1) is 0 Å². The number of nitrogens with two attached hydrogens (primary N) is 1. The van der Waals surface area contributed by atoms with Crippen LogP contribution in [0.4, 0.5) is 17.1 Å². The topological polar surface area (TPSA) is 61.8 Å². The van der Waals surface area contributed by atoms with Crippen LogP contribution in [0.2, 0.25) is 0 Å². The molecule has 0 heterocycles. The first-order chi connectivity index (χ1) is 8.19. The van der Waals surface area contributed by atoms with Gasteiger partial charge in [0.05, 0.1) is 11.6 Å². The fraction of sp³-hybridized carbons (Fsp3) is 0.0714. The molecule has 0 atom stereocenters. The van der Waals surface area contributed by atoms with Crippen LogP contribution >= 0.6 is 0 Å². The molecule has 0 spiro atoms. The molecule has 0 amide bonds. The van der Waals surface area contributed by atoms with E-state index in [0.29, 0.717) is 5.56 Å². The van der Waals surface area contributed by atoms with Crippen LogP contribution in [0.5, 0.6) is 0 Å². The number of nitriles is 1. The maximum atomic E-state index is 8.79. The highest BCUT2D eigenvalue weighted by atomic mass is 14.9. The van der Waals surface area contributed by atoms with Crippen molar-refractivity contribution >= 4 is 17.1 Å². The van der Waals surface area contributed by atoms with Gasteiger partial charge in [0.25, 0.3) is 0 Å². The number of nitrogens with one attached hydrogen (secondary N) is 1. The summed E-state index contributed by atoms with van der Waals surface area (Å²) in [6.07, 6.45) is 0. The molecule has 0 aliphatic heterocycles. The lowest BCUT2D eigenvalue weighted by atomic mass is 10.1. The maximum Gasteiger partial charge on any atom is 0.0991 e. The minimum absolute atomic E-state index is 0.667. The Hall–Kier alpha value is -2.47. The molecule has 17 heavy (non-hydrogen) atoms. The number of nitrogens with zero attached hydrogens (tertiary/aromatic N) is 1. The molecule has 0 bridgehead atoms. The summed E-state index contributed by atoms with van der Waals surface area (Å²) in [6, 6.07) is 15.2. The summed E-state index contributed by atoms with van der Waals surface area (Å²) in [5.41, 5.74) is 10.1. The van der Waals surface area contributed by atoms with Crippen molar-refractivity contribution in [1.82, 2.24) is 0 Å². The predicted molar refractivity (Wildman–Crippen MR) is 70.0 cm³/mol. The fourth-order valence-corrected chi connectivity index (χ4v) is 1.65. The van der Waals surface area contributed by atoms with Crippen LogP contribution in [-0.2, 0) is 0 Å². The molecule has 0 saturated heterocycles. The summed E-state index contributed by atoms with van der Waals surface area (Å²) < 4.78 is 0. The molecule has 0 aromatic heterocycles. The van der Waals surface area contributed by atoms with Gasteiger partial charge in [0.15, 0.2) is 0 Å². The Balaban J connectivity index is 2.28. The molecule has 0 saturated carbocycles. The molecule has 84 valence electrons. The second-order valence-corrected chi connectivity index (χ2v) is 3.89. The molecule has 2 aromatic rings. The molecular weight excluding hydrogens is 210 g/mol. The van der Waals surface area contributed by atoms with Crippen LogP contribution in [0, 0.1) is 18.3 Å². The largest absolute Gasteiger partial charge is 0.399 e. The van der Waals surface area contributed by atoms with Crippen LogP contribution in [0.25, 0.3) is 0 Å². The summed E-state index contributed by atoms with van der Waals surface area (Å²) in [7, 11) is 0. The van der Waals surface area contributed by atoms with Crippen molar-refractivity contribution in [3.63, 3.8) is 0 Å². The first-order valence-electron chi connectivity index (χ1n) is 5.32. The van der Waals surface area contributed by atoms with E-state index in [-0.39, 0.29) is 0 Å². The van der Waals surface area contributed by atoms with Gasteiger partial charge in [-0.1, -0.05) is 6.07 Å². The molecule has 3 heteroatoms. The Kier molecular flexibility index (Phi) is 2.97. The first kappa shape index (κ1) is 11.0. The van der Waals surface area contributed by atoms with E-state index in [4.69, 9.17) is 11.0 Å². The van der Waals surface area contributed by atoms with E-state index in [1.54, 1.807) is 6.07 Å². The average Bonchev–Trinajstić information content (AvgIpc) is 2.32. The molecule has 2 rings (SSSR count). The molecule has 2 aromatic carbocycles. The SMILES string of the molecule is Cc1cc(C#N)ccc1Nc1cccc(N)c1. The number of hydrogen-bond donors (Lipinski definition) is 2. The zero-order valence-electron chi connectivity index (χ0n) is 9.57. The van der Waals surface area contributed by atoms with E-state index < -0.39 is 0 Å². The molecule has 0 unspecified atom stereocenters. The quantitative estimate of drug-likeness (QED) is 0.768. The van der Waals surface area contributed by atoms with Gasteiger partial charge in [0.2, 0.25) is 0 Å². The molecule has 0 aliphatic carbocycles. The number of hydrogen-bond acceptors (Lipinski definition) is 3. The van der Waals surface area contributed by atoms with Crippen molar-refractivity contribution in [2.24, 2.45) is 0 Å². The minimum atomic E-state index is 0.667. The second kappa shape index (κ2) is 4.58. The van der Waals surface area contributed by atoms with E-state index in [1.807, 2.05) is 43.3 Å². The van der Waals surface area contributed by atoms with Crippen LogP contribution in [-0.4, -0.2) is 0 Å². The third-order valence-corrected chi connectivity index (χ3v) is 2.52. The third-order valence-electron chi connectivity index (χ3n) is 2.52. The van der Waals surface area contributed by atoms with Gasteiger partial charge in [-0.3, -0.25) is 0 Å². The third kappa shape index (κ3) is 2.56. The normalized spacial score (nSPS) is 9.65. The zero-order valence-corrected chi connectivity index (χ0v) is 9.57. The summed E-state index contributed by atoms with van der Waals surface area (Å²) in [4.78, 5) is 0. The van der Waals surface area contributed by atoms with E-state index in [9.17, 15) is 0 Å². The van der Waals surface area contributed by atoms with Crippen LogP contribution in [0.1, 0.15) is 11.1 Å². The standard InChI is InChI=1S/C14H13N3/c1-10-7-11(9-15)5-6-14(10)17-13-4-2-3-12(16)8-13/h2-8,17H,16H2,1H3. The average molecular weight is 223 g/mol. The van der Waals surface area contributed by atoms with Crippen LogP contribution in [0.15, 0.2) is 42.5 Å². The first-order valence-corrected chi connectivity index (χ1v) is 5.32. The van der Waals surface area contributed by atoms with Crippen molar-refractivity contribution < 1.29 is 0 Å². The van der Waals surface area contributed by atoms with Gasteiger partial charge in [0.1, 0.15) is 0 Å². The Bertz CT molecular complexity index is 582. The highest BCUT2D eigenvalue weighted by molar-refractivity contribution is 5.66. The second-order valence-electron chi connectivity index (χ2n) is 3.89. The molecule has 0 fully saturated rings. The van der Waals surface area contributed by atoms with E-state index >= 15 is 0 Å².